The van der Waals surface area contributed by atoms with E-state index in [9.17, 15) is 9.59 Å². The van der Waals surface area contributed by atoms with E-state index in [0.29, 0.717) is 12.2 Å². The van der Waals surface area contributed by atoms with Gasteiger partial charge < -0.3 is 15.0 Å². The van der Waals surface area contributed by atoms with Gasteiger partial charge in [-0.3, -0.25) is 14.7 Å². The van der Waals surface area contributed by atoms with Gasteiger partial charge in [-0.1, -0.05) is 0 Å². The standard InChI is InChI=1S/C12H18N4O3/c1-19-10-4-2-3-5-16(12(10)18)8-11(17)15-9-6-13-14-7-9/h6-7,10H,2-5,8H2,1H3,(H,13,14)(H,15,17). The molecule has 1 aromatic heterocycles. The van der Waals surface area contributed by atoms with Crippen molar-refractivity contribution in [1.29, 1.82) is 0 Å². The van der Waals surface area contributed by atoms with Gasteiger partial charge in [-0.25, -0.2) is 0 Å². The maximum atomic E-state index is 12.1. The average molecular weight is 266 g/mol. The minimum absolute atomic E-state index is 0.0455. The van der Waals surface area contributed by atoms with E-state index in [0.717, 1.165) is 19.3 Å². The number of hydrogen-bond donors (Lipinski definition) is 2. The van der Waals surface area contributed by atoms with Gasteiger partial charge in [0.15, 0.2) is 0 Å². The van der Waals surface area contributed by atoms with Crippen LogP contribution in [0.5, 0.6) is 0 Å². The Kier molecular flexibility index (Phi) is 4.51. The minimum Gasteiger partial charge on any atom is -0.372 e. The van der Waals surface area contributed by atoms with Crippen LogP contribution in [0.15, 0.2) is 12.4 Å². The van der Waals surface area contributed by atoms with Gasteiger partial charge in [0.2, 0.25) is 5.91 Å². The highest BCUT2D eigenvalue weighted by atomic mass is 16.5. The smallest absolute Gasteiger partial charge is 0.252 e. The number of anilines is 1. The van der Waals surface area contributed by atoms with Crippen molar-refractivity contribution in [3.8, 4) is 0 Å². The summed E-state index contributed by atoms with van der Waals surface area (Å²) in [6.07, 6.45) is 5.22. The number of rotatable bonds is 4. The number of amides is 2. The lowest BCUT2D eigenvalue weighted by molar-refractivity contribution is -0.143. The van der Waals surface area contributed by atoms with Crippen molar-refractivity contribution in [2.75, 3.05) is 25.5 Å². The van der Waals surface area contributed by atoms with Crippen molar-refractivity contribution in [3.63, 3.8) is 0 Å². The molecule has 0 radical (unpaired) electrons. The van der Waals surface area contributed by atoms with E-state index in [4.69, 9.17) is 4.74 Å². The van der Waals surface area contributed by atoms with Crippen LogP contribution < -0.4 is 5.32 Å². The molecule has 0 bridgehead atoms. The zero-order valence-corrected chi connectivity index (χ0v) is 10.9. The molecule has 1 aliphatic rings. The predicted octanol–water partition coefficient (Wildman–Crippen LogP) is 0.376. The Labute approximate surface area is 111 Å². The van der Waals surface area contributed by atoms with Gasteiger partial charge in [0.25, 0.3) is 5.91 Å². The minimum atomic E-state index is -0.427. The monoisotopic (exact) mass is 266 g/mol. The Balaban J connectivity index is 1.92. The number of ether oxygens (including phenoxy) is 1. The Morgan fingerprint density at radius 2 is 2.47 bits per heavy atom. The Morgan fingerprint density at radius 1 is 1.63 bits per heavy atom. The fourth-order valence-corrected chi connectivity index (χ4v) is 2.14. The number of nitrogens with one attached hydrogen (secondary N) is 2. The second-order valence-electron chi connectivity index (χ2n) is 4.52. The molecule has 7 nitrogen and oxygen atoms in total. The molecule has 1 aliphatic heterocycles. The molecule has 1 fully saturated rings. The first-order valence-corrected chi connectivity index (χ1v) is 6.31. The summed E-state index contributed by atoms with van der Waals surface area (Å²) >= 11 is 0. The molecule has 7 heteroatoms. The SMILES string of the molecule is COC1CCCCN(CC(=O)Nc2cn[nH]c2)C1=O. The third kappa shape index (κ3) is 3.54. The molecule has 1 unspecified atom stereocenters. The zero-order chi connectivity index (χ0) is 13.7. The Morgan fingerprint density at radius 3 is 3.16 bits per heavy atom. The molecule has 0 spiro atoms. The number of hydrogen-bond acceptors (Lipinski definition) is 4. The van der Waals surface area contributed by atoms with Gasteiger partial charge in [0.05, 0.1) is 18.4 Å². The molecule has 2 rings (SSSR count). The fraction of sp³-hybridized carbons (Fsp3) is 0.583. The second-order valence-corrected chi connectivity index (χ2v) is 4.52. The predicted molar refractivity (Wildman–Crippen MR) is 68.4 cm³/mol. The summed E-state index contributed by atoms with van der Waals surface area (Å²) < 4.78 is 5.16. The lowest BCUT2D eigenvalue weighted by Gasteiger charge is -2.22. The molecule has 2 N–H and O–H groups in total. The largest absolute Gasteiger partial charge is 0.372 e. The topological polar surface area (TPSA) is 87.3 Å². The molecule has 0 aliphatic carbocycles. The van der Waals surface area contributed by atoms with Crippen molar-refractivity contribution in [1.82, 2.24) is 15.1 Å². The van der Waals surface area contributed by atoms with Crippen LogP contribution in [0.4, 0.5) is 5.69 Å². The van der Waals surface area contributed by atoms with Crippen molar-refractivity contribution in [2.24, 2.45) is 0 Å². The van der Waals surface area contributed by atoms with E-state index in [2.05, 4.69) is 15.5 Å². The van der Waals surface area contributed by atoms with Crippen molar-refractivity contribution < 1.29 is 14.3 Å². The maximum absolute atomic E-state index is 12.1. The van der Waals surface area contributed by atoms with Crippen LogP contribution in [0.3, 0.4) is 0 Å². The summed E-state index contributed by atoms with van der Waals surface area (Å²) in [6.45, 7) is 0.640. The van der Waals surface area contributed by atoms with Crippen LogP contribution >= 0.6 is 0 Å². The third-order valence-electron chi connectivity index (χ3n) is 3.13. The quantitative estimate of drug-likeness (QED) is 0.824. The molecule has 2 amide bonds. The van der Waals surface area contributed by atoms with Crippen LogP contribution in [0, 0.1) is 0 Å². The number of aromatic amines is 1. The van der Waals surface area contributed by atoms with Gasteiger partial charge in [-0.05, 0) is 19.3 Å². The van der Waals surface area contributed by atoms with Crippen LogP contribution in [0.1, 0.15) is 19.3 Å². The van der Waals surface area contributed by atoms with Gasteiger partial charge >= 0.3 is 0 Å². The van der Waals surface area contributed by atoms with Crippen LogP contribution in [0.2, 0.25) is 0 Å². The number of carbonyl (C=O) groups is 2. The highest BCUT2D eigenvalue weighted by Gasteiger charge is 2.27. The van der Waals surface area contributed by atoms with Gasteiger partial charge in [-0.15, -0.1) is 0 Å². The van der Waals surface area contributed by atoms with E-state index in [1.54, 1.807) is 11.1 Å². The summed E-state index contributed by atoms with van der Waals surface area (Å²) in [5.74, 6) is -0.339. The molecule has 1 aromatic rings. The van der Waals surface area contributed by atoms with E-state index in [1.807, 2.05) is 0 Å². The lowest BCUT2D eigenvalue weighted by atomic mass is 10.2. The highest BCUT2D eigenvalue weighted by molar-refractivity contribution is 5.95. The first-order chi connectivity index (χ1) is 9.20. The van der Waals surface area contributed by atoms with Gasteiger partial charge in [0, 0.05) is 19.9 Å². The highest BCUT2D eigenvalue weighted by Crippen LogP contribution is 2.14. The fourth-order valence-electron chi connectivity index (χ4n) is 2.14. The number of nitrogens with zero attached hydrogens (tertiary/aromatic N) is 2. The summed E-state index contributed by atoms with van der Waals surface area (Å²) in [5, 5.41) is 9.02. The van der Waals surface area contributed by atoms with Crippen molar-refractivity contribution in [3.05, 3.63) is 12.4 Å². The Hall–Kier alpha value is -1.89. The molecule has 0 saturated carbocycles. The lowest BCUT2D eigenvalue weighted by Crippen LogP contribution is -2.43. The van der Waals surface area contributed by atoms with Gasteiger partial charge in [0.1, 0.15) is 6.10 Å². The molecule has 2 heterocycles. The second kappa shape index (κ2) is 6.33. The molecular formula is C12H18N4O3. The molecular weight excluding hydrogens is 248 g/mol. The Bertz CT molecular complexity index is 432. The molecule has 104 valence electrons. The van der Waals surface area contributed by atoms with E-state index in [1.165, 1.54) is 13.3 Å². The van der Waals surface area contributed by atoms with E-state index < -0.39 is 6.10 Å². The number of H-pyrrole nitrogens is 1. The number of likely N-dealkylation sites (tertiary alicyclic amines) is 1. The summed E-state index contributed by atoms with van der Waals surface area (Å²) in [5.41, 5.74) is 0.593. The normalized spacial score (nSPS) is 20.2. The number of aromatic nitrogens is 2. The van der Waals surface area contributed by atoms with E-state index >= 15 is 0 Å². The molecule has 1 atom stereocenters. The van der Waals surface area contributed by atoms with Crippen LogP contribution in [-0.4, -0.2) is 53.2 Å². The van der Waals surface area contributed by atoms with Gasteiger partial charge in [-0.2, -0.15) is 5.10 Å². The number of carbonyl (C=O) groups excluding carboxylic acids is 2. The summed E-state index contributed by atoms with van der Waals surface area (Å²) in [4.78, 5) is 25.5. The van der Waals surface area contributed by atoms with Crippen LogP contribution in [0.25, 0.3) is 0 Å². The first kappa shape index (κ1) is 13.5. The summed E-state index contributed by atoms with van der Waals surface area (Å²) in [7, 11) is 1.53. The maximum Gasteiger partial charge on any atom is 0.252 e. The van der Waals surface area contributed by atoms with E-state index in [-0.39, 0.29) is 18.4 Å². The molecule has 19 heavy (non-hydrogen) atoms. The van der Waals surface area contributed by atoms with Crippen molar-refractivity contribution in [2.45, 2.75) is 25.4 Å². The summed E-state index contributed by atoms with van der Waals surface area (Å²) in [6, 6.07) is 0. The van der Waals surface area contributed by atoms with Crippen molar-refractivity contribution >= 4 is 17.5 Å². The zero-order valence-electron chi connectivity index (χ0n) is 10.9. The number of methoxy groups -OCH3 is 1. The third-order valence-corrected chi connectivity index (χ3v) is 3.13. The molecule has 1 saturated heterocycles. The average Bonchev–Trinajstić information content (AvgIpc) is 2.83. The van der Waals surface area contributed by atoms with Crippen LogP contribution in [-0.2, 0) is 14.3 Å². The first-order valence-electron chi connectivity index (χ1n) is 6.31. The molecule has 0 aromatic carbocycles.